The first-order valence-corrected chi connectivity index (χ1v) is 6.25. The highest BCUT2D eigenvalue weighted by atomic mass is 79.9. The van der Waals surface area contributed by atoms with Gasteiger partial charge in [-0.25, -0.2) is 0 Å². The second-order valence-corrected chi connectivity index (χ2v) is 4.48. The van der Waals surface area contributed by atoms with E-state index in [1.165, 1.54) is 6.07 Å². The average molecular weight is 299 g/mol. The summed E-state index contributed by atoms with van der Waals surface area (Å²) < 4.78 is 0.713. The van der Waals surface area contributed by atoms with Crippen LogP contribution in [-0.2, 0) is 0 Å². The number of nitrogens with one attached hydrogen (secondary N) is 1. The van der Waals surface area contributed by atoms with Gasteiger partial charge in [-0.15, -0.1) is 0 Å². The summed E-state index contributed by atoms with van der Waals surface area (Å²) in [6.07, 6.45) is 4.74. The van der Waals surface area contributed by atoms with Crippen LogP contribution in [0, 0.1) is 10.1 Å². The molecule has 0 atom stereocenters. The fourth-order valence-electron chi connectivity index (χ4n) is 1.36. The van der Waals surface area contributed by atoms with Crippen molar-refractivity contribution in [1.82, 2.24) is 5.32 Å². The Kier molecular flexibility index (Phi) is 5.86. The van der Waals surface area contributed by atoms with Gasteiger partial charge in [0.2, 0.25) is 0 Å². The highest BCUT2D eigenvalue weighted by Crippen LogP contribution is 2.24. The molecule has 0 amide bonds. The SMILES string of the molecule is CCCNC/C=C/c1ccc(Br)cc1[N+](=O)[O-]. The van der Waals surface area contributed by atoms with Crippen molar-refractivity contribution in [3.8, 4) is 0 Å². The molecule has 4 nitrogen and oxygen atoms in total. The molecule has 0 unspecified atom stereocenters. The molecule has 0 radical (unpaired) electrons. The van der Waals surface area contributed by atoms with Gasteiger partial charge in [-0.2, -0.15) is 0 Å². The summed E-state index contributed by atoms with van der Waals surface area (Å²) in [4.78, 5) is 10.5. The van der Waals surface area contributed by atoms with E-state index in [1.807, 2.05) is 6.08 Å². The van der Waals surface area contributed by atoms with Gasteiger partial charge in [0.15, 0.2) is 0 Å². The quantitative estimate of drug-likeness (QED) is 0.498. The summed E-state index contributed by atoms with van der Waals surface area (Å²) in [5.41, 5.74) is 0.739. The number of hydrogen-bond donors (Lipinski definition) is 1. The number of nitrogens with zero attached hydrogens (tertiary/aromatic N) is 1. The van der Waals surface area contributed by atoms with Gasteiger partial charge in [-0.05, 0) is 25.1 Å². The first-order valence-electron chi connectivity index (χ1n) is 5.46. The largest absolute Gasteiger partial charge is 0.313 e. The monoisotopic (exact) mass is 298 g/mol. The first-order chi connectivity index (χ1) is 8.15. The number of benzene rings is 1. The minimum absolute atomic E-state index is 0.117. The van der Waals surface area contributed by atoms with E-state index in [-0.39, 0.29) is 10.6 Å². The molecule has 1 aromatic carbocycles. The molecule has 1 rings (SSSR count). The van der Waals surface area contributed by atoms with E-state index in [0.717, 1.165) is 19.5 Å². The molecule has 0 aliphatic carbocycles. The lowest BCUT2D eigenvalue weighted by Crippen LogP contribution is -2.13. The van der Waals surface area contributed by atoms with Crippen molar-refractivity contribution in [2.24, 2.45) is 0 Å². The number of rotatable bonds is 6. The maximum Gasteiger partial charge on any atom is 0.277 e. The van der Waals surface area contributed by atoms with Crippen molar-refractivity contribution in [2.45, 2.75) is 13.3 Å². The second kappa shape index (κ2) is 7.19. The molecule has 0 bridgehead atoms. The van der Waals surface area contributed by atoms with Gasteiger partial charge < -0.3 is 5.32 Å². The normalized spacial score (nSPS) is 10.9. The van der Waals surface area contributed by atoms with Crippen molar-refractivity contribution in [3.05, 3.63) is 44.4 Å². The van der Waals surface area contributed by atoms with Gasteiger partial charge in [0.05, 0.1) is 10.5 Å². The zero-order valence-electron chi connectivity index (χ0n) is 9.65. The standard InChI is InChI=1S/C12H15BrN2O2/c1-2-7-14-8-3-4-10-5-6-11(13)9-12(10)15(16)17/h3-6,9,14H,2,7-8H2,1H3/b4-3+. The van der Waals surface area contributed by atoms with Crippen LogP contribution in [0.3, 0.4) is 0 Å². The molecule has 1 N–H and O–H groups in total. The van der Waals surface area contributed by atoms with E-state index in [9.17, 15) is 10.1 Å². The molecule has 0 saturated carbocycles. The number of nitro groups is 1. The van der Waals surface area contributed by atoms with Gasteiger partial charge in [0, 0.05) is 17.1 Å². The minimum atomic E-state index is -0.371. The van der Waals surface area contributed by atoms with Crippen LogP contribution in [0.2, 0.25) is 0 Å². The van der Waals surface area contributed by atoms with E-state index in [0.29, 0.717) is 10.0 Å². The van der Waals surface area contributed by atoms with Crippen LogP contribution in [0.4, 0.5) is 5.69 Å². The van der Waals surface area contributed by atoms with Gasteiger partial charge in [0.1, 0.15) is 0 Å². The predicted octanol–water partition coefficient (Wildman–Crippen LogP) is 3.37. The Labute approximate surface area is 109 Å². The fourth-order valence-corrected chi connectivity index (χ4v) is 1.71. The lowest BCUT2D eigenvalue weighted by Gasteiger charge is -1.99. The number of halogens is 1. The minimum Gasteiger partial charge on any atom is -0.313 e. The average Bonchev–Trinajstić information content (AvgIpc) is 2.30. The Morgan fingerprint density at radius 1 is 1.53 bits per heavy atom. The molecule has 0 spiro atoms. The summed E-state index contributed by atoms with van der Waals surface area (Å²) >= 11 is 3.23. The highest BCUT2D eigenvalue weighted by Gasteiger charge is 2.11. The van der Waals surface area contributed by atoms with E-state index < -0.39 is 0 Å². The smallest absolute Gasteiger partial charge is 0.277 e. The Balaban J connectivity index is 2.73. The van der Waals surface area contributed by atoms with Gasteiger partial charge >= 0.3 is 0 Å². The fraction of sp³-hybridized carbons (Fsp3) is 0.333. The molecule has 92 valence electrons. The topological polar surface area (TPSA) is 55.2 Å². The molecule has 1 aromatic rings. The zero-order chi connectivity index (χ0) is 12.7. The molecular weight excluding hydrogens is 284 g/mol. The maximum absolute atomic E-state index is 10.8. The first kappa shape index (κ1) is 13.9. The van der Waals surface area contributed by atoms with E-state index in [2.05, 4.69) is 28.2 Å². The third-order valence-electron chi connectivity index (χ3n) is 2.18. The van der Waals surface area contributed by atoms with Gasteiger partial charge in [-0.3, -0.25) is 10.1 Å². The van der Waals surface area contributed by atoms with Gasteiger partial charge in [0.25, 0.3) is 5.69 Å². The summed E-state index contributed by atoms with van der Waals surface area (Å²) in [6.45, 7) is 3.77. The van der Waals surface area contributed by atoms with Crippen molar-refractivity contribution in [3.63, 3.8) is 0 Å². The lowest BCUT2D eigenvalue weighted by atomic mass is 10.1. The summed E-state index contributed by atoms with van der Waals surface area (Å²) in [7, 11) is 0. The summed E-state index contributed by atoms with van der Waals surface area (Å²) in [5.74, 6) is 0. The molecule has 5 heteroatoms. The molecule has 17 heavy (non-hydrogen) atoms. The molecule has 0 fully saturated rings. The third kappa shape index (κ3) is 4.66. The molecule has 0 saturated heterocycles. The van der Waals surface area contributed by atoms with E-state index >= 15 is 0 Å². The molecule has 0 aromatic heterocycles. The van der Waals surface area contributed by atoms with Crippen LogP contribution >= 0.6 is 15.9 Å². The lowest BCUT2D eigenvalue weighted by molar-refractivity contribution is -0.385. The molecule has 0 aliphatic rings. The molecular formula is C12H15BrN2O2. The Hall–Kier alpha value is -1.20. The van der Waals surface area contributed by atoms with Crippen LogP contribution in [0.15, 0.2) is 28.7 Å². The van der Waals surface area contributed by atoms with Crippen LogP contribution in [0.5, 0.6) is 0 Å². The van der Waals surface area contributed by atoms with Crippen molar-refractivity contribution in [2.75, 3.05) is 13.1 Å². The van der Waals surface area contributed by atoms with Crippen molar-refractivity contribution in [1.29, 1.82) is 0 Å². The highest BCUT2D eigenvalue weighted by molar-refractivity contribution is 9.10. The van der Waals surface area contributed by atoms with Gasteiger partial charge in [-0.1, -0.05) is 35.0 Å². The van der Waals surface area contributed by atoms with E-state index in [4.69, 9.17) is 0 Å². The van der Waals surface area contributed by atoms with Crippen LogP contribution in [-0.4, -0.2) is 18.0 Å². The van der Waals surface area contributed by atoms with Crippen LogP contribution in [0.25, 0.3) is 6.08 Å². The molecule has 0 heterocycles. The predicted molar refractivity (Wildman–Crippen MR) is 73.0 cm³/mol. The Morgan fingerprint density at radius 3 is 2.94 bits per heavy atom. The van der Waals surface area contributed by atoms with Crippen LogP contribution in [0.1, 0.15) is 18.9 Å². The summed E-state index contributed by atoms with van der Waals surface area (Å²) in [6, 6.07) is 5.05. The number of nitro benzene ring substituents is 1. The second-order valence-electron chi connectivity index (χ2n) is 3.57. The van der Waals surface area contributed by atoms with Crippen LogP contribution < -0.4 is 5.32 Å². The number of hydrogen-bond acceptors (Lipinski definition) is 3. The summed E-state index contributed by atoms with van der Waals surface area (Å²) in [5, 5.41) is 14.0. The molecule has 0 aliphatic heterocycles. The van der Waals surface area contributed by atoms with Crippen molar-refractivity contribution < 1.29 is 4.92 Å². The Bertz CT molecular complexity index is 419. The maximum atomic E-state index is 10.8. The Morgan fingerprint density at radius 2 is 2.29 bits per heavy atom. The third-order valence-corrected chi connectivity index (χ3v) is 2.67. The van der Waals surface area contributed by atoms with E-state index in [1.54, 1.807) is 18.2 Å². The van der Waals surface area contributed by atoms with Crippen molar-refractivity contribution >= 4 is 27.7 Å². The zero-order valence-corrected chi connectivity index (χ0v) is 11.2.